The van der Waals surface area contributed by atoms with Crippen molar-refractivity contribution in [3.05, 3.63) is 53.6 Å². The molecule has 2 heterocycles. The molecule has 0 saturated carbocycles. The molecule has 1 atom stereocenters. The third kappa shape index (κ3) is 2.80. The number of fused-ring (bicyclic) bond motifs is 2. The van der Waals surface area contributed by atoms with Gasteiger partial charge in [-0.1, -0.05) is 18.2 Å². The SMILES string of the molecule is C[C@H](OC(=O)c1ccc2c(c1)OCO2)C(=O)N1CCc2ccccc21. The highest BCUT2D eigenvalue weighted by Gasteiger charge is 2.30. The maximum absolute atomic E-state index is 12.7. The van der Waals surface area contributed by atoms with Crippen molar-refractivity contribution < 1.29 is 23.8 Å². The molecule has 4 rings (SSSR count). The number of hydrogen-bond donors (Lipinski definition) is 0. The maximum atomic E-state index is 12.7. The summed E-state index contributed by atoms with van der Waals surface area (Å²) in [6.45, 7) is 2.33. The Labute approximate surface area is 144 Å². The first kappa shape index (κ1) is 15.5. The Hall–Kier alpha value is -3.02. The Bertz CT molecular complexity index is 847. The Morgan fingerprint density at radius 1 is 1.12 bits per heavy atom. The first-order valence-electron chi connectivity index (χ1n) is 8.13. The van der Waals surface area contributed by atoms with E-state index < -0.39 is 12.1 Å². The van der Waals surface area contributed by atoms with Gasteiger partial charge in [-0.2, -0.15) is 0 Å². The molecule has 0 N–H and O–H groups in total. The second-order valence-corrected chi connectivity index (χ2v) is 5.98. The number of carbonyl (C=O) groups excluding carboxylic acids is 2. The van der Waals surface area contributed by atoms with Gasteiger partial charge in [0, 0.05) is 12.2 Å². The quantitative estimate of drug-likeness (QED) is 0.804. The van der Waals surface area contributed by atoms with E-state index in [1.54, 1.807) is 30.0 Å². The summed E-state index contributed by atoms with van der Waals surface area (Å²) in [7, 11) is 0. The molecule has 0 spiro atoms. The van der Waals surface area contributed by atoms with Crippen molar-refractivity contribution in [2.75, 3.05) is 18.2 Å². The molecule has 128 valence electrons. The van der Waals surface area contributed by atoms with Gasteiger partial charge in [0.25, 0.3) is 5.91 Å². The van der Waals surface area contributed by atoms with Crippen LogP contribution in [0, 0.1) is 0 Å². The summed E-state index contributed by atoms with van der Waals surface area (Å²) >= 11 is 0. The van der Waals surface area contributed by atoms with Gasteiger partial charge in [-0.25, -0.2) is 4.79 Å². The monoisotopic (exact) mass is 339 g/mol. The van der Waals surface area contributed by atoms with E-state index in [1.165, 1.54) is 0 Å². The molecular weight excluding hydrogens is 322 g/mol. The van der Waals surface area contributed by atoms with Crippen molar-refractivity contribution in [2.24, 2.45) is 0 Å². The third-order valence-corrected chi connectivity index (χ3v) is 4.39. The number of nitrogens with zero attached hydrogens (tertiary/aromatic N) is 1. The fourth-order valence-electron chi connectivity index (χ4n) is 3.09. The zero-order valence-electron chi connectivity index (χ0n) is 13.7. The van der Waals surface area contributed by atoms with Crippen LogP contribution in [0.1, 0.15) is 22.8 Å². The zero-order valence-corrected chi connectivity index (χ0v) is 13.7. The van der Waals surface area contributed by atoms with Crippen molar-refractivity contribution >= 4 is 17.6 Å². The van der Waals surface area contributed by atoms with Gasteiger partial charge in [0.05, 0.1) is 5.56 Å². The Morgan fingerprint density at radius 2 is 1.92 bits per heavy atom. The number of carbonyl (C=O) groups is 2. The Morgan fingerprint density at radius 3 is 2.80 bits per heavy atom. The van der Waals surface area contributed by atoms with E-state index in [-0.39, 0.29) is 12.7 Å². The Kier molecular flexibility index (Phi) is 3.80. The summed E-state index contributed by atoms with van der Waals surface area (Å²) in [5, 5.41) is 0. The average Bonchev–Trinajstić information content (AvgIpc) is 3.26. The second kappa shape index (κ2) is 6.12. The molecule has 25 heavy (non-hydrogen) atoms. The predicted molar refractivity (Wildman–Crippen MR) is 89.9 cm³/mol. The highest BCUT2D eigenvalue weighted by molar-refractivity contribution is 6.00. The van der Waals surface area contributed by atoms with Crippen molar-refractivity contribution in [3.63, 3.8) is 0 Å². The number of hydrogen-bond acceptors (Lipinski definition) is 5. The molecule has 0 aromatic heterocycles. The normalized spacial score (nSPS) is 15.6. The third-order valence-electron chi connectivity index (χ3n) is 4.39. The van der Waals surface area contributed by atoms with Crippen LogP contribution in [0.4, 0.5) is 5.69 Å². The predicted octanol–water partition coefficient (Wildman–Crippen LogP) is 2.55. The number of rotatable bonds is 3. The molecule has 2 aliphatic rings. The lowest BCUT2D eigenvalue weighted by Crippen LogP contribution is -2.39. The van der Waals surface area contributed by atoms with Gasteiger partial charge in [0.2, 0.25) is 6.79 Å². The highest BCUT2D eigenvalue weighted by atomic mass is 16.7. The first-order chi connectivity index (χ1) is 12.1. The number of para-hydroxylation sites is 1. The lowest BCUT2D eigenvalue weighted by atomic mass is 10.2. The van der Waals surface area contributed by atoms with Gasteiger partial charge < -0.3 is 19.1 Å². The first-order valence-corrected chi connectivity index (χ1v) is 8.13. The van der Waals surface area contributed by atoms with E-state index in [0.29, 0.717) is 23.6 Å². The second-order valence-electron chi connectivity index (χ2n) is 5.98. The van der Waals surface area contributed by atoms with Crippen LogP contribution in [-0.2, 0) is 16.0 Å². The molecule has 2 aromatic rings. The average molecular weight is 339 g/mol. The van der Waals surface area contributed by atoms with Crippen molar-refractivity contribution in [2.45, 2.75) is 19.4 Å². The summed E-state index contributed by atoms with van der Waals surface area (Å²) in [5.41, 5.74) is 2.34. The minimum absolute atomic E-state index is 0.136. The summed E-state index contributed by atoms with van der Waals surface area (Å²) in [5.74, 6) is 0.307. The smallest absolute Gasteiger partial charge is 0.339 e. The van der Waals surface area contributed by atoms with Crippen LogP contribution < -0.4 is 14.4 Å². The van der Waals surface area contributed by atoms with Gasteiger partial charge in [-0.05, 0) is 43.2 Å². The van der Waals surface area contributed by atoms with E-state index in [0.717, 1.165) is 17.7 Å². The van der Waals surface area contributed by atoms with E-state index >= 15 is 0 Å². The van der Waals surface area contributed by atoms with Gasteiger partial charge in [-0.3, -0.25) is 4.79 Å². The summed E-state index contributed by atoms with van der Waals surface area (Å²) in [4.78, 5) is 26.7. The molecule has 0 aliphatic carbocycles. The molecule has 2 aliphatic heterocycles. The van der Waals surface area contributed by atoms with E-state index in [9.17, 15) is 9.59 Å². The maximum Gasteiger partial charge on any atom is 0.339 e. The molecule has 0 saturated heterocycles. The van der Waals surface area contributed by atoms with E-state index in [2.05, 4.69) is 0 Å². The number of anilines is 1. The fourth-order valence-corrected chi connectivity index (χ4v) is 3.09. The van der Waals surface area contributed by atoms with Crippen molar-refractivity contribution in [1.82, 2.24) is 0 Å². The van der Waals surface area contributed by atoms with Crippen LogP contribution in [-0.4, -0.2) is 31.3 Å². The standard InChI is InChI=1S/C19H17NO5/c1-12(18(21)20-9-8-13-4-2-3-5-15(13)20)25-19(22)14-6-7-16-17(10-14)24-11-23-16/h2-7,10,12H,8-9,11H2,1H3/t12-/m0/s1. The van der Waals surface area contributed by atoms with Crippen LogP contribution in [0.25, 0.3) is 0 Å². The van der Waals surface area contributed by atoms with E-state index in [1.807, 2.05) is 24.3 Å². The van der Waals surface area contributed by atoms with Crippen molar-refractivity contribution in [3.8, 4) is 11.5 Å². The molecular formula is C19H17NO5. The summed E-state index contributed by atoms with van der Waals surface area (Å²) < 4.78 is 15.8. The van der Waals surface area contributed by atoms with Gasteiger partial charge >= 0.3 is 5.97 Å². The van der Waals surface area contributed by atoms with Crippen LogP contribution in [0.5, 0.6) is 11.5 Å². The van der Waals surface area contributed by atoms with Gasteiger partial charge in [0.1, 0.15) is 0 Å². The van der Waals surface area contributed by atoms with Crippen LogP contribution in [0.15, 0.2) is 42.5 Å². The number of esters is 1. The minimum atomic E-state index is -0.871. The molecule has 0 unspecified atom stereocenters. The minimum Gasteiger partial charge on any atom is -0.454 e. The molecule has 0 radical (unpaired) electrons. The lowest BCUT2D eigenvalue weighted by Gasteiger charge is -2.21. The van der Waals surface area contributed by atoms with Crippen LogP contribution in [0.3, 0.4) is 0 Å². The molecule has 6 heteroatoms. The van der Waals surface area contributed by atoms with Gasteiger partial charge in [0.15, 0.2) is 17.6 Å². The largest absolute Gasteiger partial charge is 0.454 e. The Balaban J connectivity index is 1.46. The van der Waals surface area contributed by atoms with Crippen molar-refractivity contribution in [1.29, 1.82) is 0 Å². The number of amides is 1. The molecule has 6 nitrogen and oxygen atoms in total. The lowest BCUT2D eigenvalue weighted by molar-refractivity contribution is -0.126. The molecule has 1 amide bonds. The van der Waals surface area contributed by atoms with Crippen LogP contribution >= 0.6 is 0 Å². The highest BCUT2D eigenvalue weighted by Crippen LogP contribution is 2.33. The number of ether oxygens (including phenoxy) is 3. The molecule has 0 bridgehead atoms. The fraction of sp³-hybridized carbons (Fsp3) is 0.263. The number of benzene rings is 2. The zero-order chi connectivity index (χ0) is 17.4. The molecule has 0 fully saturated rings. The summed E-state index contributed by atoms with van der Waals surface area (Å²) in [6.07, 6.45) is -0.0610. The molecule has 2 aromatic carbocycles. The van der Waals surface area contributed by atoms with E-state index in [4.69, 9.17) is 14.2 Å². The van der Waals surface area contributed by atoms with Gasteiger partial charge in [-0.15, -0.1) is 0 Å². The summed E-state index contributed by atoms with van der Waals surface area (Å²) in [6, 6.07) is 12.6. The topological polar surface area (TPSA) is 65.1 Å². The van der Waals surface area contributed by atoms with Crippen LogP contribution in [0.2, 0.25) is 0 Å².